The monoisotopic (exact) mass is 222 g/mol. The summed E-state index contributed by atoms with van der Waals surface area (Å²) in [4.78, 5) is 0. The molecule has 0 aliphatic rings. The van der Waals surface area contributed by atoms with Gasteiger partial charge in [-0.1, -0.05) is 11.6 Å². The molecular formula is C8H6ClF3N2. The van der Waals surface area contributed by atoms with Crippen molar-refractivity contribution in [1.82, 2.24) is 0 Å². The lowest BCUT2D eigenvalue weighted by atomic mass is 10.1. The molecule has 0 bridgehead atoms. The fourth-order valence-corrected chi connectivity index (χ4v) is 1.16. The summed E-state index contributed by atoms with van der Waals surface area (Å²) in [7, 11) is 0. The lowest BCUT2D eigenvalue weighted by molar-refractivity contribution is -0.137. The summed E-state index contributed by atoms with van der Waals surface area (Å²) in [5.41, 5.74) is -0.955. The van der Waals surface area contributed by atoms with Crippen molar-refractivity contribution in [2.45, 2.75) is 6.18 Å². The van der Waals surface area contributed by atoms with E-state index >= 15 is 0 Å². The molecule has 0 aromatic heterocycles. The molecule has 0 amide bonds. The van der Waals surface area contributed by atoms with Crippen LogP contribution < -0.4 is 5.84 Å². The van der Waals surface area contributed by atoms with E-state index in [4.69, 9.17) is 17.4 Å². The zero-order valence-corrected chi connectivity index (χ0v) is 7.60. The molecule has 0 fully saturated rings. The number of hydrogen-bond donors (Lipinski definition) is 1. The molecule has 0 heterocycles. The predicted octanol–water partition coefficient (Wildman–Crippen LogP) is 2.65. The third kappa shape index (κ3) is 2.38. The Hall–Kier alpha value is -1.23. The molecule has 0 aliphatic heterocycles. The predicted molar refractivity (Wildman–Crippen MR) is 48.2 cm³/mol. The highest BCUT2D eigenvalue weighted by Gasteiger charge is 2.32. The number of nitrogens with zero attached hydrogens (tertiary/aromatic N) is 1. The molecule has 0 saturated carbocycles. The first kappa shape index (κ1) is 10.8. The average Bonchev–Trinajstić information content (AvgIpc) is 2.02. The van der Waals surface area contributed by atoms with E-state index in [2.05, 4.69) is 5.10 Å². The zero-order chi connectivity index (χ0) is 10.8. The molecule has 0 atom stereocenters. The van der Waals surface area contributed by atoms with Gasteiger partial charge >= 0.3 is 6.18 Å². The SMILES string of the molecule is NN=Cc1cc(Cl)ccc1C(F)(F)F. The van der Waals surface area contributed by atoms with Gasteiger partial charge in [0.1, 0.15) is 0 Å². The summed E-state index contributed by atoms with van der Waals surface area (Å²) >= 11 is 5.53. The van der Waals surface area contributed by atoms with Gasteiger partial charge in [-0.25, -0.2) is 0 Å². The van der Waals surface area contributed by atoms with Crippen LogP contribution in [0.15, 0.2) is 23.3 Å². The van der Waals surface area contributed by atoms with Crippen molar-refractivity contribution in [1.29, 1.82) is 0 Å². The first-order valence-electron chi connectivity index (χ1n) is 3.55. The van der Waals surface area contributed by atoms with Crippen molar-refractivity contribution in [3.8, 4) is 0 Å². The van der Waals surface area contributed by atoms with Crippen LogP contribution in [0.4, 0.5) is 13.2 Å². The Morgan fingerprint density at radius 2 is 2.00 bits per heavy atom. The molecule has 1 aromatic rings. The molecule has 0 saturated heterocycles. The van der Waals surface area contributed by atoms with E-state index in [1.807, 2.05) is 0 Å². The summed E-state index contributed by atoms with van der Waals surface area (Å²) in [5, 5.41) is 3.24. The van der Waals surface area contributed by atoms with Crippen LogP contribution in [0.25, 0.3) is 0 Å². The number of hydrogen-bond acceptors (Lipinski definition) is 2. The Bertz CT molecular complexity index is 360. The van der Waals surface area contributed by atoms with E-state index in [0.717, 1.165) is 24.4 Å². The van der Waals surface area contributed by atoms with E-state index in [1.54, 1.807) is 0 Å². The quantitative estimate of drug-likeness (QED) is 0.443. The highest BCUT2D eigenvalue weighted by molar-refractivity contribution is 6.30. The second kappa shape index (κ2) is 3.88. The van der Waals surface area contributed by atoms with Crippen LogP contribution >= 0.6 is 11.6 Å². The summed E-state index contributed by atoms with van der Waals surface area (Å²) < 4.78 is 37.1. The van der Waals surface area contributed by atoms with Gasteiger partial charge in [-0.3, -0.25) is 0 Å². The Morgan fingerprint density at radius 1 is 1.36 bits per heavy atom. The molecule has 1 rings (SSSR count). The van der Waals surface area contributed by atoms with Gasteiger partial charge in [0.05, 0.1) is 11.8 Å². The average molecular weight is 223 g/mol. The minimum Gasteiger partial charge on any atom is -0.323 e. The second-order valence-electron chi connectivity index (χ2n) is 2.51. The van der Waals surface area contributed by atoms with Crippen molar-refractivity contribution in [3.63, 3.8) is 0 Å². The van der Waals surface area contributed by atoms with Gasteiger partial charge in [-0.05, 0) is 18.2 Å². The van der Waals surface area contributed by atoms with Gasteiger partial charge in [0.25, 0.3) is 0 Å². The third-order valence-electron chi connectivity index (χ3n) is 1.53. The Balaban J connectivity index is 3.29. The lowest BCUT2D eigenvalue weighted by Gasteiger charge is -2.09. The smallest absolute Gasteiger partial charge is 0.323 e. The van der Waals surface area contributed by atoms with Crippen LogP contribution in [0, 0.1) is 0 Å². The largest absolute Gasteiger partial charge is 0.417 e. The maximum atomic E-state index is 12.4. The molecule has 76 valence electrons. The number of nitrogens with two attached hydrogens (primary N) is 1. The topological polar surface area (TPSA) is 38.4 Å². The highest BCUT2D eigenvalue weighted by atomic mass is 35.5. The lowest BCUT2D eigenvalue weighted by Crippen LogP contribution is -2.09. The van der Waals surface area contributed by atoms with Crippen molar-refractivity contribution < 1.29 is 13.2 Å². The fourth-order valence-electron chi connectivity index (χ4n) is 0.979. The van der Waals surface area contributed by atoms with Crippen LogP contribution in [0.3, 0.4) is 0 Å². The summed E-state index contributed by atoms with van der Waals surface area (Å²) in [6.07, 6.45) is -3.52. The Morgan fingerprint density at radius 3 is 2.50 bits per heavy atom. The molecule has 6 heteroatoms. The van der Waals surface area contributed by atoms with Crippen LogP contribution in [0.2, 0.25) is 5.02 Å². The fraction of sp³-hybridized carbons (Fsp3) is 0.125. The van der Waals surface area contributed by atoms with Gasteiger partial charge in [-0.15, -0.1) is 0 Å². The van der Waals surface area contributed by atoms with E-state index in [9.17, 15) is 13.2 Å². The minimum atomic E-state index is -4.43. The van der Waals surface area contributed by atoms with Gasteiger partial charge in [0.15, 0.2) is 0 Å². The number of benzene rings is 1. The summed E-state index contributed by atoms with van der Waals surface area (Å²) in [5.74, 6) is 4.78. The van der Waals surface area contributed by atoms with E-state index < -0.39 is 11.7 Å². The van der Waals surface area contributed by atoms with Crippen LogP contribution in [-0.2, 0) is 6.18 Å². The van der Waals surface area contributed by atoms with Gasteiger partial charge in [0.2, 0.25) is 0 Å². The highest BCUT2D eigenvalue weighted by Crippen LogP contribution is 2.32. The summed E-state index contributed by atoms with van der Waals surface area (Å²) in [6, 6.07) is 3.21. The standard InChI is InChI=1S/C8H6ClF3N2/c9-6-1-2-7(8(10,11)12)5(3-6)4-14-13/h1-4H,13H2. The molecule has 0 radical (unpaired) electrons. The third-order valence-corrected chi connectivity index (χ3v) is 1.77. The Labute approximate surface area is 83.2 Å². The molecule has 1 aromatic carbocycles. The van der Waals surface area contributed by atoms with Gasteiger partial charge in [0, 0.05) is 10.6 Å². The Kier molecular flexibility index (Phi) is 3.00. The van der Waals surface area contributed by atoms with Crippen molar-refractivity contribution in [2.24, 2.45) is 10.9 Å². The maximum Gasteiger partial charge on any atom is 0.417 e. The second-order valence-corrected chi connectivity index (χ2v) is 2.94. The van der Waals surface area contributed by atoms with Crippen LogP contribution in [0.1, 0.15) is 11.1 Å². The van der Waals surface area contributed by atoms with Crippen molar-refractivity contribution >= 4 is 17.8 Å². The molecule has 0 unspecified atom stereocenters. The van der Waals surface area contributed by atoms with Crippen LogP contribution in [-0.4, -0.2) is 6.21 Å². The number of halogens is 4. The maximum absolute atomic E-state index is 12.4. The number of hydrazone groups is 1. The van der Waals surface area contributed by atoms with Crippen molar-refractivity contribution in [3.05, 3.63) is 34.3 Å². The number of rotatable bonds is 1. The van der Waals surface area contributed by atoms with Gasteiger partial charge < -0.3 is 5.84 Å². The first-order valence-corrected chi connectivity index (χ1v) is 3.93. The van der Waals surface area contributed by atoms with E-state index in [1.165, 1.54) is 0 Å². The molecule has 2 N–H and O–H groups in total. The van der Waals surface area contributed by atoms with Gasteiger partial charge in [-0.2, -0.15) is 18.3 Å². The molecule has 2 nitrogen and oxygen atoms in total. The normalized spacial score (nSPS) is 12.3. The number of alkyl halides is 3. The van der Waals surface area contributed by atoms with Crippen LogP contribution in [0.5, 0.6) is 0 Å². The molecule has 14 heavy (non-hydrogen) atoms. The molecule has 0 spiro atoms. The molecule has 0 aliphatic carbocycles. The van der Waals surface area contributed by atoms with E-state index in [-0.39, 0.29) is 10.6 Å². The van der Waals surface area contributed by atoms with Crippen molar-refractivity contribution in [2.75, 3.05) is 0 Å². The first-order chi connectivity index (χ1) is 6.45. The molecular weight excluding hydrogens is 217 g/mol. The zero-order valence-electron chi connectivity index (χ0n) is 6.85. The summed E-state index contributed by atoms with van der Waals surface area (Å²) in [6.45, 7) is 0. The minimum absolute atomic E-state index is 0.146. The van der Waals surface area contributed by atoms with E-state index in [0.29, 0.717) is 0 Å².